The molecule has 0 saturated heterocycles. The van der Waals surface area contributed by atoms with Gasteiger partial charge in [0, 0.05) is 36.5 Å². The highest BCUT2D eigenvalue weighted by atomic mass is 15.3. The predicted molar refractivity (Wildman–Crippen MR) is 125 cm³/mol. The molecule has 0 amide bonds. The zero-order chi connectivity index (χ0) is 21.4. The van der Waals surface area contributed by atoms with E-state index >= 15 is 0 Å². The lowest BCUT2D eigenvalue weighted by Gasteiger charge is -2.31. The van der Waals surface area contributed by atoms with Crippen LogP contribution in [0.15, 0.2) is 36.5 Å². The maximum Gasteiger partial charge on any atom is 0.129 e. The number of nitrogens with zero attached hydrogens (tertiary/aromatic N) is 4. The van der Waals surface area contributed by atoms with Gasteiger partial charge in [0.2, 0.25) is 0 Å². The van der Waals surface area contributed by atoms with Crippen molar-refractivity contribution in [2.75, 3.05) is 11.4 Å². The van der Waals surface area contributed by atoms with Crippen molar-refractivity contribution in [2.45, 2.75) is 67.0 Å². The van der Waals surface area contributed by atoms with E-state index in [1.807, 2.05) is 6.20 Å². The van der Waals surface area contributed by atoms with Gasteiger partial charge in [0.25, 0.3) is 0 Å². The minimum atomic E-state index is 0.353. The lowest BCUT2D eigenvalue weighted by Crippen LogP contribution is -2.31. The third kappa shape index (κ3) is 3.88. The number of aryl methyl sites for hydroxylation is 1. The number of hydrogen-bond acceptors (Lipinski definition) is 3. The van der Waals surface area contributed by atoms with Gasteiger partial charge in [0.1, 0.15) is 5.82 Å². The largest absolute Gasteiger partial charge is 0.352 e. The van der Waals surface area contributed by atoms with Crippen molar-refractivity contribution in [1.29, 1.82) is 0 Å². The second-order valence-corrected chi connectivity index (χ2v) is 9.36. The fourth-order valence-corrected chi connectivity index (χ4v) is 4.49. The molecule has 0 fully saturated rings. The van der Waals surface area contributed by atoms with Crippen LogP contribution in [0, 0.1) is 19.8 Å². The van der Waals surface area contributed by atoms with Gasteiger partial charge in [-0.15, -0.1) is 0 Å². The molecule has 1 aliphatic heterocycles. The summed E-state index contributed by atoms with van der Waals surface area (Å²) in [5, 5.41) is 4.66. The Morgan fingerprint density at radius 1 is 1.00 bits per heavy atom. The van der Waals surface area contributed by atoms with E-state index in [0.717, 1.165) is 37.6 Å². The molecular weight excluding hydrogens is 368 g/mol. The van der Waals surface area contributed by atoms with Crippen LogP contribution in [-0.2, 0) is 19.5 Å². The summed E-state index contributed by atoms with van der Waals surface area (Å²) in [7, 11) is 0. The first kappa shape index (κ1) is 20.6. The molecule has 1 aromatic carbocycles. The summed E-state index contributed by atoms with van der Waals surface area (Å²) in [6, 6.07) is 11.1. The van der Waals surface area contributed by atoms with Crippen LogP contribution in [0.25, 0.3) is 11.1 Å². The minimum Gasteiger partial charge on any atom is -0.352 e. The van der Waals surface area contributed by atoms with E-state index in [-0.39, 0.29) is 0 Å². The average Bonchev–Trinajstić information content (AvgIpc) is 3.07. The molecule has 4 nitrogen and oxygen atoms in total. The second kappa shape index (κ2) is 8.25. The minimum absolute atomic E-state index is 0.353. The highest BCUT2D eigenvalue weighted by Crippen LogP contribution is 2.33. The summed E-state index contributed by atoms with van der Waals surface area (Å²) in [5.74, 6) is 2.02. The summed E-state index contributed by atoms with van der Waals surface area (Å²) in [6.45, 7) is 16.2. The van der Waals surface area contributed by atoms with E-state index in [0.29, 0.717) is 11.8 Å². The molecule has 3 aromatic rings. The van der Waals surface area contributed by atoms with Crippen LogP contribution >= 0.6 is 0 Å². The Kier molecular flexibility index (Phi) is 5.68. The first-order valence-electron chi connectivity index (χ1n) is 11.2. The van der Waals surface area contributed by atoms with E-state index in [2.05, 4.69) is 86.6 Å². The zero-order valence-electron chi connectivity index (χ0n) is 19.2. The molecular formula is C26H34N4. The Hall–Kier alpha value is -2.62. The van der Waals surface area contributed by atoms with Gasteiger partial charge in [-0.1, -0.05) is 45.9 Å². The van der Waals surface area contributed by atoms with E-state index in [9.17, 15) is 0 Å². The molecule has 3 heterocycles. The van der Waals surface area contributed by atoms with Crippen molar-refractivity contribution < 1.29 is 0 Å². The molecule has 0 saturated carbocycles. The van der Waals surface area contributed by atoms with E-state index in [1.54, 1.807) is 0 Å². The quantitative estimate of drug-likeness (QED) is 0.532. The van der Waals surface area contributed by atoms with Gasteiger partial charge in [-0.25, -0.2) is 4.98 Å². The maximum atomic E-state index is 5.18. The monoisotopic (exact) mass is 402 g/mol. The lowest BCUT2D eigenvalue weighted by atomic mass is 9.95. The first-order chi connectivity index (χ1) is 14.3. The molecule has 158 valence electrons. The predicted octanol–water partition coefficient (Wildman–Crippen LogP) is 5.90. The van der Waals surface area contributed by atoms with Gasteiger partial charge in [-0.3, -0.25) is 4.68 Å². The highest BCUT2D eigenvalue weighted by Gasteiger charge is 2.22. The number of benzene rings is 1. The molecule has 1 aliphatic rings. The van der Waals surface area contributed by atoms with E-state index < -0.39 is 0 Å². The summed E-state index contributed by atoms with van der Waals surface area (Å²) >= 11 is 0. The normalized spacial score (nSPS) is 13.9. The van der Waals surface area contributed by atoms with Crippen molar-refractivity contribution >= 4 is 5.82 Å². The van der Waals surface area contributed by atoms with Crippen molar-refractivity contribution in [2.24, 2.45) is 5.92 Å². The zero-order valence-corrected chi connectivity index (χ0v) is 19.2. The van der Waals surface area contributed by atoms with Crippen molar-refractivity contribution in [1.82, 2.24) is 14.8 Å². The molecule has 0 aliphatic carbocycles. The lowest BCUT2D eigenvalue weighted by molar-refractivity contribution is 0.475. The van der Waals surface area contributed by atoms with Crippen LogP contribution in [-0.4, -0.2) is 21.3 Å². The average molecular weight is 403 g/mol. The fourth-order valence-electron chi connectivity index (χ4n) is 4.49. The molecule has 0 atom stereocenters. The molecule has 0 unspecified atom stereocenters. The fraction of sp³-hybridized carbons (Fsp3) is 0.462. The third-order valence-electron chi connectivity index (χ3n) is 6.22. The van der Waals surface area contributed by atoms with Crippen molar-refractivity contribution in [3.05, 3.63) is 64.6 Å². The first-order valence-corrected chi connectivity index (χ1v) is 11.2. The molecule has 4 rings (SSSR count). The van der Waals surface area contributed by atoms with Gasteiger partial charge < -0.3 is 4.90 Å². The van der Waals surface area contributed by atoms with Gasteiger partial charge in [-0.2, -0.15) is 5.10 Å². The number of anilines is 1. The van der Waals surface area contributed by atoms with Gasteiger partial charge in [0.05, 0.1) is 11.9 Å². The summed E-state index contributed by atoms with van der Waals surface area (Å²) < 4.78 is 2.13. The summed E-state index contributed by atoms with van der Waals surface area (Å²) in [4.78, 5) is 7.61. The third-order valence-corrected chi connectivity index (χ3v) is 6.22. The molecule has 2 aromatic heterocycles. The molecule has 0 bridgehead atoms. The van der Waals surface area contributed by atoms with Crippen LogP contribution in [0.4, 0.5) is 5.82 Å². The van der Waals surface area contributed by atoms with Crippen molar-refractivity contribution in [3.8, 4) is 11.1 Å². The van der Waals surface area contributed by atoms with Crippen LogP contribution in [0.3, 0.4) is 0 Å². The van der Waals surface area contributed by atoms with Crippen LogP contribution in [0.1, 0.15) is 61.7 Å². The van der Waals surface area contributed by atoms with Crippen LogP contribution < -0.4 is 4.90 Å². The van der Waals surface area contributed by atoms with Crippen molar-refractivity contribution in [3.63, 3.8) is 0 Å². The Balaban J connectivity index is 1.68. The molecule has 0 spiro atoms. The second-order valence-electron chi connectivity index (χ2n) is 9.36. The van der Waals surface area contributed by atoms with Crippen LogP contribution in [0.2, 0.25) is 0 Å². The number of hydrogen-bond donors (Lipinski definition) is 0. The molecule has 30 heavy (non-hydrogen) atoms. The molecule has 0 N–H and O–H groups in total. The van der Waals surface area contributed by atoms with Gasteiger partial charge in [0.15, 0.2) is 0 Å². The smallest absolute Gasteiger partial charge is 0.129 e. The van der Waals surface area contributed by atoms with Gasteiger partial charge in [-0.05, 0) is 60.9 Å². The Bertz CT molecular complexity index is 1050. The Morgan fingerprint density at radius 3 is 2.53 bits per heavy atom. The summed E-state index contributed by atoms with van der Waals surface area (Å²) in [6.07, 6.45) is 3.10. The number of fused-ring (bicyclic) bond motifs is 1. The SMILES string of the molecule is Cc1cccc2c1CN(c1ccc(-c3cnn(CC(C)C)c3C)c(C(C)C)n1)CC2. The number of pyridine rings is 1. The van der Waals surface area contributed by atoms with E-state index in [4.69, 9.17) is 4.98 Å². The van der Waals surface area contributed by atoms with Crippen LogP contribution in [0.5, 0.6) is 0 Å². The maximum absolute atomic E-state index is 5.18. The van der Waals surface area contributed by atoms with Gasteiger partial charge >= 0.3 is 0 Å². The molecule has 0 radical (unpaired) electrons. The van der Waals surface area contributed by atoms with E-state index in [1.165, 1.54) is 33.5 Å². The highest BCUT2D eigenvalue weighted by molar-refractivity contribution is 5.70. The molecule has 4 heteroatoms. The summed E-state index contributed by atoms with van der Waals surface area (Å²) in [5.41, 5.74) is 9.14. The standard InChI is InChI=1S/C26H34N4/c1-17(2)15-30-20(6)23(14-27-30)22-10-11-25(28-26(22)18(3)4)29-13-12-21-9-7-8-19(5)24(21)16-29/h7-11,14,17-18H,12-13,15-16H2,1-6H3. The Morgan fingerprint density at radius 2 is 1.80 bits per heavy atom. The topological polar surface area (TPSA) is 34.0 Å². The number of aromatic nitrogens is 3. The number of rotatable bonds is 5. The Labute approximate surface area is 181 Å².